The molecule has 170 valence electrons. The SMILES string of the molecule is C=CCN1c2ccccc2-c2nc(Nc3cccc(N4CCN(C)CC4)c3)ncc2S1(=O)=O. The van der Waals surface area contributed by atoms with Gasteiger partial charge < -0.3 is 15.1 Å². The van der Waals surface area contributed by atoms with Crippen molar-refractivity contribution in [3.05, 3.63) is 67.4 Å². The van der Waals surface area contributed by atoms with Crippen LogP contribution in [0.15, 0.2) is 72.3 Å². The lowest BCUT2D eigenvalue weighted by Crippen LogP contribution is -2.44. The molecule has 9 heteroatoms. The first kappa shape index (κ1) is 21.4. The number of para-hydroxylation sites is 1. The molecule has 8 nitrogen and oxygen atoms in total. The summed E-state index contributed by atoms with van der Waals surface area (Å²) in [6.07, 6.45) is 2.96. The van der Waals surface area contributed by atoms with Crippen molar-refractivity contribution in [3.8, 4) is 11.3 Å². The third-order valence-corrected chi connectivity index (χ3v) is 7.80. The van der Waals surface area contributed by atoms with Gasteiger partial charge in [-0.15, -0.1) is 6.58 Å². The number of rotatable bonds is 5. The quantitative estimate of drug-likeness (QED) is 0.583. The number of benzene rings is 2. The summed E-state index contributed by atoms with van der Waals surface area (Å²) in [5, 5.41) is 3.25. The molecule has 5 rings (SSSR count). The van der Waals surface area contributed by atoms with Gasteiger partial charge in [0.2, 0.25) is 5.95 Å². The Bertz CT molecular complexity index is 1300. The van der Waals surface area contributed by atoms with Gasteiger partial charge in [-0.3, -0.25) is 4.31 Å². The summed E-state index contributed by atoms with van der Waals surface area (Å²) in [6.45, 7) is 7.89. The number of fused-ring (bicyclic) bond motifs is 3. The van der Waals surface area contributed by atoms with Crippen molar-refractivity contribution in [2.45, 2.75) is 4.90 Å². The first-order chi connectivity index (χ1) is 16.0. The van der Waals surface area contributed by atoms with Crippen LogP contribution in [0.4, 0.5) is 23.0 Å². The van der Waals surface area contributed by atoms with E-state index in [1.807, 2.05) is 30.3 Å². The fourth-order valence-electron chi connectivity index (χ4n) is 4.24. The summed E-state index contributed by atoms with van der Waals surface area (Å²) in [7, 11) is -1.64. The minimum absolute atomic E-state index is 0.0970. The highest BCUT2D eigenvalue weighted by molar-refractivity contribution is 7.93. The van der Waals surface area contributed by atoms with Gasteiger partial charge in [0.25, 0.3) is 10.0 Å². The molecule has 1 N–H and O–H groups in total. The van der Waals surface area contributed by atoms with Crippen molar-refractivity contribution in [2.75, 3.05) is 54.3 Å². The van der Waals surface area contributed by atoms with E-state index in [0.29, 0.717) is 17.3 Å². The van der Waals surface area contributed by atoms with E-state index >= 15 is 0 Å². The Morgan fingerprint density at radius 3 is 2.67 bits per heavy atom. The van der Waals surface area contributed by atoms with E-state index in [-0.39, 0.29) is 11.4 Å². The van der Waals surface area contributed by atoms with Gasteiger partial charge in [0.15, 0.2) is 0 Å². The van der Waals surface area contributed by atoms with Gasteiger partial charge in [-0.2, -0.15) is 0 Å². The molecular formula is C24H26N6O2S. The molecule has 0 atom stereocenters. The highest BCUT2D eigenvalue weighted by Gasteiger charge is 2.35. The zero-order chi connectivity index (χ0) is 23.0. The summed E-state index contributed by atoms with van der Waals surface area (Å²) >= 11 is 0. The van der Waals surface area contributed by atoms with Crippen LogP contribution in [0.1, 0.15) is 0 Å². The van der Waals surface area contributed by atoms with E-state index in [4.69, 9.17) is 0 Å². The molecule has 1 aromatic heterocycles. The summed E-state index contributed by atoms with van der Waals surface area (Å²) in [5.41, 5.74) is 3.73. The molecule has 2 aliphatic heterocycles. The summed E-state index contributed by atoms with van der Waals surface area (Å²) < 4.78 is 27.8. The van der Waals surface area contributed by atoms with Crippen LogP contribution in [0.2, 0.25) is 0 Å². The minimum atomic E-state index is -3.78. The van der Waals surface area contributed by atoms with Crippen molar-refractivity contribution in [1.82, 2.24) is 14.9 Å². The van der Waals surface area contributed by atoms with Crippen molar-refractivity contribution in [2.24, 2.45) is 0 Å². The third kappa shape index (κ3) is 3.94. The lowest BCUT2D eigenvalue weighted by Gasteiger charge is -2.34. The van der Waals surface area contributed by atoms with Crippen LogP contribution in [0.5, 0.6) is 0 Å². The van der Waals surface area contributed by atoms with E-state index in [9.17, 15) is 8.42 Å². The van der Waals surface area contributed by atoms with Crippen LogP contribution in [-0.2, 0) is 10.0 Å². The van der Waals surface area contributed by atoms with Crippen LogP contribution in [0, 0.1) is 0 Å². The number of sulfonamides is 1. The lowest BCUT2D eigenvalue weighted by molar-refractivity contribution is 0.313. The monoisotopic (exact) mass is 462 g/mol. The van der Waals surface area contributed by atoms with Crippen molar-refractivity contribution < 1.29 is 8.42 Å². The maximum Gasteiger partial charge on any atom is 0.268 e. The van der Waals surface area contributed by atoms with E-state index in [1.54, 1.807) is 12.1 Å². The molecule has 33 heavy (non-hydrogen) atoms. The molecule has 3 heterocycles. The lowest BCUT2D eigenvalue weighted by atomic mass is 10.1. The second-order valence-corrected chi connectivity index (χ2v) is 10.0. The standard InChI is InChI=1S/C24H26N6O2S/c1-3-11-30-21-10-5-4-9-20(21)23-22(33(30,31)32)17-25-24(27-23)26-18-7-6-8-19(16-18)29-14-12-28(2)13-15-29/h3-10,16-17H,1,11-15H2,2H3,(H,25,26,27). The Hall–Kier alpha value is -3.43. The third-order valence-electron chi connectivity index (χ3n) is 6.02. The zero-order valence-corrected chi connectivity index (χ0v) is 19.3. The minimum Gasteiger partial charge on any atom is -0.369 e. The number of likely N-dealkylation sites (N-methyl/N-ethyl adjacent to an activating group) is 1. The molecule has 0 amide bonds. The molecule has 0 spiro atoms. The molecule has 3 aromatic rings. The van der Waals surface area contributed by atoms with Gasteiger partial charge in [0, 0.05) is 43.1 Å². The van der Waals surface area contributed by atoms with E-state index < -0.39 is 10.0 Å². The van der Waals surface area contributed by atoms with Gasteiger partial charge in [0.1, 0.15) is 4.90 Å². The van der Waals surface area contributed by atoms with Crippen LogP contribution >= 0.6 is 0 Å². The Kier molecular flexibility index (Phi) is 5.51. The van der Waals surface area contributed by atoms with Gasteiger partial charge >= 0.3 is 0 Å². The predicted molar refractivity (Wildman–Crippen MR) is 132 cm³/mol. The topological polar surface area (TPSA) is 81.7 Å². The van der Waals surface area contributed by atoms with E-state index in [1.165, 1.54) is 10.5 Å². The van der Waals surface area contributed by atoms with Gasteiger partial charge in [-0.25, -0.2) is 18.4 Å². The fraction of sp³-hybridized carbons (Fsp3) is 0.250. The Labute approximate surface area is 194 Å². The second kappa shape index (κ2) is 8.49. The van der Waals surface area contributed by atoms with Crippen molar-refractivity contribution >= 4 is 33.0 Å². The number of nitrogens with zero attached hydrogens (tertiary/aromatic N) is 5. The Morgan fingerprint density at radius 1 is 1.09 bits per heavy atom. The van der Waals surface area contributed by atoms with E-state index in [2.05, 4.69) is 50.8 Å². The Balaban J connectivity index is 1.48. The molecule has 1 fully saturated rings. The van der Waals surface area contributed by atoms with Crippen molar-refractivity contribution in [1.29, 1.82) is 0 Å². The number of anilines is 4. The second-order valence-electron chi connectivity index (χ2n) is 8.21. The molecule has 0 aliphatic carbocycles. The first-order valence-electron chi connectivity index (χ1n) is 10.9. The van der Waals surface area contributed by atoms with E-state index in [0.717, 1.165) is 43.1 Å². The van der Waals surface area contributed by atoms with Crippen LogP contribution < -0.4 is 14.5 Å². The largest absolute Gasteiger partial charge is 0.369 e. The first-order valence-corrected chi connectivity index (χ1v) is 12.3. The average molecular weight is 463 g/mol. The molecule has 2 aromatic carbocycles. The fourth-order valence-corrected chi connectivity index (χ4v) is 5.78. The molecule has 0 saturated carbocycles. The molecule has 0 unspecified atom stereocenters. The zero-order valence-electron chi connectivity index (χ0n) is 18.5. The highest BCUT2D eigenvalue weighted by atomic mass is 32.2. The maximum atomic E-state index is 13.2. The van der Waals surface area contributed by atoms with Gasteiger partial charge in [-0.05, 0) is 31.3 Å². The van der Waals surface area contributed by atoms with Crippen LogP contribution in [0.25, 0.3) is 11.3 Å². The van der Waals surface area contributed by atoms with Gasteiger partial charge in [0.05, 0.1) is 24.1 Å². The molecule has 1 saturated heterocycles. The number of aromatic nitrogens is 2. The highest BCUT2D eigenvalue weighted by Crippen LogP contribution is 2.41. The molecule has 0 bridgehead atoms. The molecular weight excluding hydrogens is 436 g/mol. The summed E-state index contributed by atoms with van der Waals surface area (Å²) in [5.74, 6) is 0.353. The number of hydrogen-bond donors (Lipinski definition) is 1. The summed E-state index contributed by atoms with van der Waals surface area (Å²) in [4.78, 5) is 13.7. The number of hydrogen-bond acceptors (Lipinski definition) is 7. The normalized spacial score (nSPS) is 17.2. The Morgan fingerprint density at radius 2 is 1.88 bits per heavy atom. The average Bonchev–Trinajstić information content (AvgIpc) is 2.82. The summed E-state index contributed by atoms with van der Waals surface area (Å²) in [6, 6.07) is 15.5. The predicted octanol–water partition coefficient (Wildman–Crippen LogP) is 3.33. The smallest absolute Gasteiger partial charge is 0.268 e. The number of piperazine rings is 1. The van der Waals surface area contributed by atoms with Crippen LogP contribution in [0.3, 0.4) is 0 Å². The molecule has 2 aliphatic rings. The van der Waals surface area contributed by atoms with Crippen LogP contribution in [-0.4, -0.2) is 63.1 Å². The molecule has 0 radical (unpaired) electrons. The van der Waals surface area contributed by atoms with Crippen molar-refractivity contribution in [3.63, 3.8) is 0 Å². The van der Waals surface area contributed by atoms with Gasteiger partial charge in [-0.1, -0.05) is 30.3 Å². The maximum absolute atomic E-state index is 13.2. The number of nitrogens with one attached hydrogen (secondary N) is 1.